The van der Waals surface area contributed by atoms with Gasteiger partial charge in [-0.05, 0) is 18.9 Å². The van der Waals surface area contributed by atoms with E-state index in [4.69, 9.17) is 0 Å². The van der Waals surface area contributed by atoms with Crippen LogP contribution in [0.15, 0.2) is 18.5 Å². The van der Waals surface area contributed by atoms with Gasteiger partial charge in [-0.25, -0.2) is 4.79 Å². The Morgan fingerprint density at radius 2 is 2.13 bits per heavy atom. The van der Waals surface area contributed by atoms with Gasteiger partial charge in [0.25, 0.3) is 0 Å². The van der Waals surface area contributed by atoms with Crippen LogP contribution in [0.5, 0.6) is 0 Å². The van der Waals surface area contributed by atoms with Gasteiger partial charge < -0.3 is 10.6 Å². The maximum atomic E-state index is 11.5. The monoisotopic (exact) mass is 206 g/mol. The van der Waals surface area contributed by atoms with Crippen LogP contribution in [0.2, 0.25) is 0 Å². The quantitative estimate of drug-likeness (QED) is 0.771. The summed E-state index contributed by atoms with van der Waals surface area (Å²) in [6.07, 6.45) is 7.66. The zero-order chi connectivity index (χ0) is 10.5. The van der Waals surface area contributed by atoms with Gasteiger partial charge in [0.15, 0.2) is 0 Å². The number of hydrogen-bond acceptors (Lipinski definition) is 3. The Kier molecular flexibility index (Phi) is 3.11. The molecular formula is C10H14N4O. The predicted octanol–water partition coefficient (Wildman–Crippen LogP) is 1.54. The second-order valence-corrected chi connectivity index (χ2v) is 3.71. The highest BCUT2D eigenvalue weighted by Gasteiger charge is 2.16. The third kappa shape index (κ3) is 2.90. The molecule has 0 aromatic carbocycles. The highest BCUT2D eigenvalue weighted by atomic mass is 16.2. The molecule has 0 aliphatic heterocycles. The van der Waals surface area contributed by atoms with Gasteiger partial charge >= 0.3 is 6.03 Å². The first-order chi connectivity index (χ1) is 7.34. The molecule has 0 bridgehead atoms. The van der Waals surface area contributed by atoms with Crippen molar-refractivity contribution in [1.82, 2.24) is 15.5 Å². The number of carbonyl (C=O) groups excluding carboxylic acids is 1. The van der Waals surface area contributed by atoms with Crippen molar-refractivity contribution >= 4 is 11.7 Å². The molecule has 1 aliphatic carbocycles. The van der Waals surface area contributed by atoms with Crippen molar-refractivity contribution < 1.29 is 4.79 Å². The fraction of sp³-hybridized carbons (Fsp3) is 0.500. The molecule has 0 spiro atoms. The van der Waals surface area contributed by atoms with Crippen LogP contribution >= 0.6 is 0 Å². The Balaban J connectivity index is 1.82. The van der Waals surface area contributed by atoms with Crippen LogP contribution in [0.25, 0.3) is 0 Å². The van der Waals surface area contributed by atoms with Gasteiger partial charge in [-0.3, -0.25) is 0 Å². The molecule has 0 unspecified atom stereocenters. The maximum Gasteiger partial charge on any atom is 0.319 e. The van der Waals surface area contributed by atoms with Gasteiger partial charge in [-0.2, -0.15) is 10.2 Å². The lowest BCUT2D eigenvalue weighted by molar-refractivity contribution is 0.248. The smallest absolute Gasteiger partial charge is 0.319 e. The van der Waals surface area contributed by atoms with Gasteiger partial charge in [0.1, 0.15) is 0 Å². The van der Waals surface area contributed by atoms with E-state index in [0.717, 1.165) is 12.8 Å². The number of anilines is 1. The summed E-state index contributed by atoms with van der Waals surface area (Å²) in [5.74, 6) is 0. The summed E-state index contributed by atoms with van der Waals surface area (Å²) in [6.45, 7) is 0. The zero-order valence-corrected chi connectivity index (χ0v) is 8.44. The molecule has 80 valence electrons. The van der Waals surface area contributed by atoms with E-state index < -0.39 is 0 Å². The van der Waals surface area contributed by atoms with Crippen LogP contribution in [0.4, 0.5) is 10.5 Å². The molecule has 1 aliphatic rings. The van der Waals surface area contributed by atoms with E-state index in [1.165, 1.54) is 19.0 Å². The molecule has 2 amide bonds. The van der Waals surface area contributed by atoms with Crippen molar-refractivity contribution in [3.63, 3.8) is 0 Å². The number of rotatable bonds is 2. The molecule has 0 saturated heterocycles. The Morgan fingerprint density at radius 3 is 2.80 bits per heavy atom. The molecule has 0 radical (unpaired) electrons. The van der Waals surface area contributed by atoms with Crippen LogP contribution in [0.3, 0.4) is 0 Å². The molecule has 5 nitrogen and oxygen atoms in total. The van der Waals surface area contributed by atoms with Gasteiger partial charge in [0, 0.05) is 6.04 Å². The average molecular weight is 206 g/mol. The minimum atomic E-state index is -0.157. The SMILES string of the molecule is O=C(Nc1ccnnc1)NC1CCCC1. The van der Waals surface area contributed by atoms with Crippen molar-refractivity contribution in [3.05, 3.63) is 18.5 Å². The Morgan fingerprint density at radius 1 is 1.33 bits per heavy atom. The van der Waals surface area contributed by atoms with E-state index in [9.17, 15) is 4.79 Å². The molecule has 0 atom stereocenters. The number of carbonyl (C=O) groups is 1. The lowest BCUT2D eigenvalue weighted by Gasteiger charge is -2.12. The lowest BCUT2D eigenvalue weighted by atomic mass is 10.2. The fourth-order valence-electron chi connectivity index (χ4n) is 1.79. The first-order valence-electron chi connectivity index (χ1n) is 5.19. The first-order valence-corrected chi connectivity index (χ1v) is 5.19. The van der Waals surface area contributed by atoms with Crippen LogP contribution in [0, 0.1) is 0 Å². The summed E-state index contributed by atoms with van der Waals surface area (Å²) in [5.41, 5.74) is 0.667. The minimum absolute atomic E-state index is 0.157. The van der Waals surface area contributed by atoms with Crippen LogP contribution < -0.4 is 10.6 Å². The maximum absolute atomic E-state index is 11.5. The summed E-state index contributed by atoms with van der Waals surface area (Å²) in [4.78, 5) is 11.5. The number of urea groups is 1. The largest absolute Gasteiger partial charge is 0.335 e. The molecule has 15 heavy (non-hydrogen) atoms. The Labute approximate surface area is 88.3 Å². The Bertz CT molecular complexity index is 321. The highest BCUT2D eigenvalue weighted by Crippen LogP contribution is 2.17. The first kappa shape index (κ1) is 9.89. The van der Waals surface area contributed by atoms with Crippen molar-refractivity contribution in [3.8, 4) is 0 Å². The van der Waals surface area contributed by atoms with Gasteiger partial charge in [-0.1, -0.05) is 12.8 Å². The average Bonchev–Trinajstić information content (AvgIpc) is 2.71. The third-order valence-corrected chi connectivity index (χ3v) is 2.53. The molecule has 1 saturated carbocycles. The molecule has 2 rings (SSSR count). The third-order valence-electron chi connectivity index (χ3n) is 2.53. The zero-order valence-electron chi connectivity index (χ0n) is 8.44. The minimum Gasteiger partial charge on any atom is -0.335 e. The number of nitrogens with zero attached hydrogens (tertiary/aromatic N) is 2. The highest BCUT2D eigenvalue weighted by molar-refractivity contribution is 5.89. The normalized spacial score (nSPS) is 16.3. The number of hydrogen-bond donors (Lipinski definition) is 2. The van der Waals surface area contributed by atoms with E-state index >= 15 is 0 Å². The topological polar surface area (TPSA) is 66.9 Å². The summed E-state index contributed by atoms with van der Waals surface area (Å²) in [5, 5.41) is 13.0. The number of aromatic nitrogens is 2. The second kappa shape index (κ2) is 4.72. The van der Waals surface area contributed by atoms with Gasteiger partial charge in [0.2, 0.25) is 0 Å². The number of amides is 2. The lowest BCUT2D eigenvalue weighted by Crippen LogP contribution is -2.36. The second-order valence-electron chi connectivity index (χ2n) is 3.71. The van der Waals surface area contributed by atoms with Crippen molar-refractivity contribution in [2.24, 2.45) is 0 Å². The number of nitrogens with one attached hydrogen (secondary N) is 2. The van der Waals surface area contributed by atoms with E-state index in [0.29, 0.717) is 11.7 Å². The molecule has 1 fully saturated rings. The van der Waals surface area contributed by atoms with Crippen molar-refractivity contribution in [2.45, 2.75) is 31.7 Å². The summed E-state index contributed by atoms with van der Waals surface area (Å²) in [7, 11) is 0. The fourth-order valence-corrected chi connectivity index (χ4v) is 1.79. The van der Waals surface area contributed by atoms with Crippen LogP contribution in [-0.4, -0.2) is 22.3 Å². The molecule has 1 heterocycles. The van der Waals surface area contributed by atoms with Crippen LogP contribution in [0.1, 0.15) is 25.7 Å². The molecule has 5 heteroatoms. The standard InChI is InChI=1S/C10H14N4O/c15-10(13-8-3-1-2-4-8)14-9-5-6-11-12-7-9/h5-8H,1-4H2,(H2,11,13,14,15). The van der Waals surface area contributed by atoms with Crippen LogP contribution in [-0.2, 0) is 0 Å². The Hall–Kier alpha value is -1.65. The summed E-state index contributed by atoms with van der Waals surface area (Å²) in [6, 6.07) is 1.89. The predicted molar refractivity (Wildman–Crippen MR) is 56.4 cm³/mol. The molecule has 1 aromatic heterocycles. The van der Waals surface area contributed by atoms with Gasteiger partial charge in [0.05, 0.1) is 18.1 Å². The van der Waals surface area contributed by atoms with Crippen molar-refractivity contribution in [2.75, 3.05) is 5.32 Å². The van der Waals surface area contributed by atoms with E-state index in [1.54, 1.807) is 12.3 Å². The summed E-state index contributed by atoms with van der Waals surface area (Å²) < 4.78 is 0. The molecule has 2 N–H and O–H groups in total. The summed E-state index contributed by atoms with van der Waals surface area (Å²) >= 11 is 0. The van der Waals surface area contributed by atoms with E-state index in [-0.39, 0.29) is 6.03 Å². The molecular weight excluding hydrogens is 192 g/mol. The van der Waals surface area contributed by atoms with E-state index in [2.05, 4.69) is 20.8 Å². The molecule has 1 aromatic rings. The van der Waals surface area contributed by atoms with Gasteiger partial charge in [-0.15, -0.1) is 0 Å². The van der Waals surface area contributed by atoms with E-state index in [1.807, 2.05) is 0 Å². The van der Waals surface area contributed by atoms with Crippen molar-refractivity contribution in [1.29, 1.82) is 0 Å².